The molecule has 3 heterocycles. The molecule has 0 radical (unpaired) electrons. The first-order valence-corrected chi connectivity index (χ1v) is 7.33. The summed E-state index contributed by atoms with van der Waals surface area (Å²) in [5.41, 5.74) is 1.40. The van der Waals surface area contributed by atoms with Crippen molar-refractivity contribution in [3.05, 3.63) is 46.0 Å². The smallest absolute Gasteiger partial charge is 0.270 e. The van der Waals surface area contributed by atoms with E-state index in [9.17, 15) is 9.59 Å². The molecule has 5 heteroatoms. The Labute approximate surface area is 123 Å². The summed E-state index contributed by atoms with van der Waals surface area (Å²) in [6, 6.07) is 3.68. The zero-order valence-electron chi connectivity index (χ0n) is 12.4. The Bertz CT molecular complexity index is 743. The van der Waals surface area contributed by atoms with Gasteiger partial charge in [0.15, 0.2) is 0 Å². The number of piperidine rings is 1. The molecule has 0 spiro atoms. The second-order valence-electron chi connectivity index (χ2n) is 5.89. The average Bonchev–Trinajstić information content (AvgIpc) is 2.48. The lowest BCUT2D eigenvalue weighted by atomic mass is 9.99. The lowest BCUT2D eigenvalue weighted by molar-refractivity contribution is 0.0695. The van der Waals surface area contributed by atoms with Crippen LogP contribution in [0.1, 0.15) is 35.7 Å². The van der Waals surface area contributed by atoms with Crippen LogP contribution < -0.4 is 5.56 Å². The number of nitrogens with zero attached hydrogens (tertiary/aromatic N) is 3. The van der Waals surface area contributed by atoms with Crippen LogP contribution in [0.4, 0.5) is 0 Å². The van der Waals surface area contributed by atoms with Gasteiger partial charge in [-0.05, 0) is 37.3 Å². The fourth-order valence-corrected chi connectivity index (χ4v) is 2.71. The first kappa shape index (κ1) is 13.8. The number of amides is 1. The van der Waals surface area contributed by atoms with Crippen LogP contribution >= 0.6 is 0 Å². The minimum atomic E-state index is -0.285. The van der Waals surface area contributed by atoms with Crippen LogP contribution in [0.3, 0.4) is 0 Å². The molecule has 5 nitrogen and oxygen atoms in total. The summed E-state index contributed by atoms with van der Waals surface area (Å²) in [5.74, 6) is 0.447. The van der Waals surface area contributed by atoms with E-state index in [1.807, 2.05) is 13.0 Å². The molecule has 1 fully saturated rings. The highest BCUT2D eigenvalue weighted by atomic mass is 16.2. The highest BCUT2D eigenvalue weighted by Crippen LogP contribution is 2.17. The van der Waals surface area contributed by atoms with Crippen LogP contribution in [0.25, 0.3) is 5.65 Å². The van der Waals surface area contributed by atoms with Crippen molar-refractivity contribution in [3.63, 3.8) is 0 Å². The van der Waals surface area contributed by atoms with Gasteiger partial charge in [-0.1, -0.05) is 13.0 Å². The number of likely N-dealkylation sites (tertiary alicyclic amines) is 1. The number of hydrogen-bond acceptors (Lipinski definition) is 3. The zero-order chi connectivity index (χ0) is 15.0. The van der Waals surface area contributed by atoms with Crippen LogP contribution in [-0.4, -0.2) is 33.3 Å². The Morgan fingerprint density at radius 1 is 1.29 bits per heavy atom. The van der Waals surface area contributed by atoms with Crippen molar-refractivity contribution in [1.82, 2.24) is 14.3 Å². The van der Waals surface area contributed by atoms with Crippen molar-refractivity contribution >= 4 is 11.6 Å². The van der Waals surface area contributed by atoms with Gasteiger partial charge in [-0.25, -0.2) is 4.98 Å². The summed E-state index contributed by atoms with van der Waals surface area (Å²) < 4.78 is 1.45. The Morgan fingerprint density at radius 2 is 2.00 bits per heavy atom. The van der Waals surface area contributed by atoms with Gasteiger partial charge in [0, 0.05) is 25.5 Å². The predicted molar refractivity (Wildman–Crippen MR) is 80.5 cm³/mol. The number of aromatic nitrogens is 2. The summed E-state index contributed by atoms with van der Waals surface area (Å²) in [6.07, 6.45) is 5.12. The monoisotopic (exact) mass is 285 g/mol. The summed E-state index contributed by atoms with van der Waals surface area (Å²) in [7, 11) is 0. The molecule has 1 aliphatic heterocycles. The highest BCUT2D eigenvalue weighted by Gasteiger charge is 2.24. The Balaban J connectivity index is 1.99. The molecule has 2 aromatic rings. The van der Waals surface area contributed by atoms with Gasteiger partial charge in [0.1, 0.15) is 11.2 Å². The maximum Gasteiger partial charge on any atom is 0.270 e. The molecule has 0 N–H and O–H groups in total. The minimum Gasteiger partial charge on any atom is -0.338 e. The number of aryl methyl sites for hydroxylation is 1. The molecule has 0 aliphatic carbocycles. The van der Waals surface area contributed by atoms with E-state index in [0.29, 0.717) is 11.6 Å². The van der Waals surface area contributed by atoms with Crippen molar-refractivity contribution in [2.75, 3.05) is 13.1 Å². The number of carbonyl (C=O) groups is 1. The van der Waals surface area contributed by atoms with Crippen LogP contribution in [0.15, 0.2) is 29.3 Å². The molecule has 3 rings (SSSR count). The SMILES string of the molecule is Cc1ccc2ncc(C(=O)N3CCC(C)CC3)c(=O)n2c1. The van der Waals surface area contributed by atoms with Crippen LogP contribution in [0.5, 0.6) is 0 Å². The Kier molecular flexibility index (Phi) is 3.49. The van der Waals surface area contributed by atoms with E-state index in [2.05, 4.69) is 11.9 Å². The number of fused-ring (bicyclic) bond motifs is 1. The second-order valence-corrected chi connectivity index (χ2v) is 5.89. The maximum absolute atomic E-state index is 12.5. The van der Waals surface area contributed by atoms with E-state index in [4.69, 9.17) is 0 Å². The van der Waals surface area contributed by atoms with Gasteiger partial charge >= 0.3 is 0 Å². The third-order valence-corrected chi connectivity index (χ3v) is 4.15. The van der Waals surface area contributed by atoms with Gasteiger partial charge in [-0.15, -0.1) is 0 Å². The number of pyridine rings is 1. The second kappa shape index (κ2) is 5.31. The van der Waals surface area contributed by atoms with E-state index in [0.717, 1.165) is 31.5 Å². The fourth-order valence-electron chi connectivity index (χ4n) is 2.71. The van der Waals surface area contributed by atoms with Crippen molar-refractivity contribution in [2.24, 2.45) is 5.92 Å². The molecular weight excluding hydrogens is 266 g/mol. The summed E-state index contributed by atoms with van der Waals surface area (Å²) in [6.45, 7) is 5.54. The van der Waals surface area contributed by atoms with Crippen molar-refractivity contribution in [1.29, 1.82) is 0 Å². The Morgan fingerprint density at radius 3 is 2.71 bits per heavy atom. The quantitative estimate of drug-likeness (QED) is 0.804. The van der Waals surface area contributed by atoms with Gasteiger partial charge in [0.25, 0.3) is 11.5 Å². The van der Waals surface area contributed by atoms with Gasteiger partial charge in [0.2, 0.25) is 0 Å². The maximum atomic E-state index is 12.5. The molecule has 1 saturated heterocycles. The molecule has 1 aliphatic rings. The minimum absolute atomic E-state index is 0.160. The standard InChI is InChI=1S/C16H19N3O2/c1-11-5-7-18(8-6-11)15(20)13-9-17-14-4-3-12(2)10-19(14)16(13)21/h3-4,9-11H,5-8H2,1-2H3. The molecule has 0 aromatic carbocycles. The predicted octanol–water partition coefficient (Wildman–Crippen LogP) is 1.88. The molecule has 2 aromatic heterocycles. The lowest BCUT2D eigenvalue weighted by Crippen LogP contribution is -2.40. The normalized spacial score (nSPS) is 16.4. The third kappa shape index (κ3) is 2.55. The largest absolute Gasteiger partial charge is 0.338 e. The third-order valence-electron chi connectivity index (χ3n) is 4.15. The summed E-state index contributed by atoms with van der Waals surface area (Å²) in [5, 5.41) is 0. The van der Waals surface area contributed by atoms with Crippen molar-refractivity contribution in [2.45, 2.75) is 26.7 Å². The number of carbonyl (C=O) groups excluding carboxylic acids is 1. The summed E-state index contributed by atoms with van der Waals surface area (Å²) >= 11 is 0. The van der Waals surface area contributed by atoms with Gasteiger partial charge < -0.3 is 4.90 Å². The first-order valence-electron chi connectivity index (χ1n) is 7.33. The lowest BCUT2D eigenvalue weighted by Gasteiger charge is -2.30. The van der Waals surface area contributed by atoms with Crippen LogP contribution in [0, 0.1) is 12.8 Å². The molecule has 110 valence electrons. The highest BCUT2D eigenvalue weighted by molar-refractivity contribution is 5.93. The Hall–Kier alpha value is -2.17. The average molecular weight is 285 g/mol. The van der Waals surface area contributed by atoms with E-state index in [1.165, 1.54) is 10.6 Å². The van der Waals surface area contributed by atoms with Crippen molar-refractivity contribution in [3.8, 4) is 0 Å². The topological polar surface area (TPSA) is 54.7 Å². The molecule has 1 amide bonds. The summed E-state index contributed by atoms with van der Waals surface area (Å²) in [4.78, 5) is 31.0. The molecule has 0 saturated carbocycles. The van der Waals surface area contributed by atoms with Crippen molar-refractivity contribution < 1.29 is 4.79 Å². The van der Waals surface area contributed by atoms with E-state index in [1.54, 1.807) is 17.2 Å². The molecular formula is C16H19N3O2. The molecule has 0 unspecified atom stereocenters. The number of hydrogen-bond donors (Lipinski definition) is 0. The van der Waals surface area contributed by atoms with Crippen LogP contribution in [0.2, 0.25) is 0 Å². The van der Waals surface area contributed by atoms with Gasteiger partial charge in [-0.3, -0.25) is 14.0 Å². The van der Waals surface area contributed by atoms with Gasteiger partial charge in [-0.2, -0.15) is 0 Å². The molecule has 0 bridgehead atoms. The van der Waals surface area contributed by atoms with E-state index in [-0.39, 0.29) is 17.0 Å². The fraction of sp³-hybridized carbons (Fsp3) is 0.438. The molecule has 0 atom stereocenters. The van der Waals surface area contributed by atoms with E-state index >= 15 is 0 Å². The number of rotatable bonds is 1. The van der Waals surface area contributed by atoms with E-state index < -0.39 is 0 Å². The first-order chi connectivity index (χ1) is 10.1. The molecule has 21 heavy (non-hydrogen) atoms. The van der Waals surface area contributed by atoms with Crippen LogP contribution in [-0.2, 0) is 0 Å². The zero-order valence-corrected chi connectivity index (χ0v) is 12.4. The van der Waals surface area contributed by atoms with Gasteiger partial charge in [0.05, 0.1) is 0 Å².